The van der Waals surface area contributed by atoms with Crippen LogP contribution in [-0.4, -0.2) is 16.5 Å². The van der Waals surface area contributed by atoms with Crippen LogP contribution in [0.15, 0.2) is 95.9 Å². The summed E-state index contributed by atoms with van der Waals surface area (Å²) >= 11 is 0. The number of carbonyl (C=O) groups is 1. The molecule has 0 aliphatic rings. The fraction of sp³-hybridized carbons (Fsp3) is 0.143. The Hall–Kier alpha value is -3.74. The molecule has 0 aliphatic carbocycles. The number of anilines is 1. The molecule has 4 rings (SSSR count). The summed E-state index contributed by atoms with van der Waals surface area (Å²) in [5.74, 6) is -1.28. The second-order valence-corrected chi connectivity index (χ2v) is 8.33. The minimum atomic E-state index is -0.890. The number of nitrogens with zero attached hydrogens (tertiary/aromatic N) is 1. The number of amides is 1. The molecule has 0 saturated carbocycles. The van der Waals surface area contributed by atoms with Gasteiger partial charge in [-0.3, -0.25) is 9.59 Å². The normalized spacial score (nSPS) is 11.6. The summed E-state index contributed by atoms with van der Waals surface area (Å²) < 4.78 is 16.4. The van der Waals surface area contributed by atoms with Gasteiger partial charge in [-0.15, -0.1) is 12.4 Å². The van der Waals surface area contributed by atoms with Crippen molar-refractivity contribution in [2.24, 2.45) is 12.8 Å². The molecule has 0 spiro atoms. The van der Waals surface area contributed by atoms with E-state index in [0.29, 0.717) is 22.4 Å². The minimum Gasteiger partial charge on any atom is -0.325 e. The van der Waals surface area contributed by atoms with Gasteiger partial charge in [-0.1, -0.05) is 60.7 Å². The standard InChI is InChI=1S/C28H26FN3O2.ClH/c1-18-15-25(33)32(2)17-23(18)22-14-13-21(16-24(22)29)31-28(34)27(30)26(19-9-5-3-6-10-19)20-11-7-4-8-12-20;/h3-17,26-27H,30H2,1-2H3,(H,31,34);1H/t27-;/m0./s1. The average molecular weight is 492 g/mol. The van der Waals surface area contributed by atoms with Crippen molar-refractivity contribution in [2.45, 2.75) is 18.9 Å². The molecular formula is C28H27ClFN3O2. The Morgan fingerprint density at radius 3 is 2.03 bits per heavy atom. The molecule has 3 N–H and O–H groups in total. The number of rotatable bonds is 6. The fourth-order valence-electron chi connectivity index (χ4n) is 4.12. The lowest BCUT2D eigenvalue weighted by Crippen LogP contribution is -2.41. The lowest BCUT2D eigenvalue weighted by atomic mass is 9.85. The summed E-state index contributed by atoms with van der Waals surface area (Å²) in [6.45, 7) is 1.76. The zero-order chi connectivity index (χ0) is 24.2. The molecule has 0 fully saturated rings. The minimum absolute atomic E-state index is 0. The van der Waals surface area contributed by atoms with E-state index in [0.717, 1.165) is 11.1 Å². The zero-order valence-electron chi connectivity index (χ0n) is 19.4. The molecule has 35 heavy (non-hydrogen) atoms. The predicted octanol–water partition coefficient (Wildman–Crippen LogP) is 5.02. The third-order valence-electron chi connectivity index (χ3n) is 5.94. The van der Waals surface area contributed by atoms with E-state index in [-0.39, 0.29) is 23.9 Å². The third kappa shape index (κ3) is 5.67. The first-order valence-electron chi connectivity index (χ1n) is 11.0. The summed E-state index contributed by atoms with van der Waals surface area (Å²) in [4.78, 5) is 24.9. The number of nitrogens with two attached hydrogens (primary N) is 1. The van der Waals surface area contributed by atoms with E-state index in [1.54, 1.807) is 32.3 Å². The molecule has 1 atom stereocenters. The van der Waals surface area contributed by atoms with Gasteiger partial charge < -0.3 is 15.6 Å². The molecule has 3 aromatic carbocycles. The molecule has 1 aromatic heterocycles. The number of carbonyl (C=O) groups excluding carboxylic acids is 1. The van der Waals surface area contributed by atoms with Gasteiger partial charge in [0.15, 0.2) is 0 Å². The van der Waals surface area contributed by atoms with Crippen LogP contribution in [0.25, 0.3) is 11.1 Å². The van der Waals surface area contributed by atoms with Crippen LogP contribution in [0.4, 0.5) is 10.1 Å². The highest BCUT2D eigenvalue weighted by Gasteiger charge is 2.28. The van der Waals surface area contributed by atoms with Crippen LogP contribution < -0.4 is 16.6 Å². The Bertz CT molecular complexity index is 1330. The van der Waals surface area contributed by atoms with Crippen molar-refractivity contribution in [3.05, 3.63) is 124 Å². The highest BCUT2D eigenvalue weighted by Crippen LogP contribution is 2.29. The highest BCUT2D eigenvalue weighted by molar-refractivity contribution is 5.96. The van der Waals surface area contributed by atoms with Crippen LogP contribution in [0, 0.1) is 12.7 Å². The highest BCUT2D eigenvalue weighted by atomic mass is 35.5. The van der Waals surface area contributed by atoms with Gasteiger partial charge in [0.25, 0.3) is 5.56 Å². The number of aromatic nitrogens is 1. The Labute approximate surface area is 209 Å². The van der Waals surface area contributed by atoms with E-state index in [1.807, 2.05) is 60.7 Å². The topological polar surface area (TPSA) is 77.1 Å². The smallest absolute Gasteiger partial charge is 0.250 e. The molecule has 7 heteroatoms. The monoisotopic (exact) mass is 491 g/mol. The second-order valence-electron chi connectivity index (χ2n) is 8.33. The van der Waals surface area contributed by atoms with E-state index in [1.165, 1.54) is 16.7 Å². The lowest BCUT2D eigenvalue weighted by Gasteiger charge is -2.24. The average Bonchev–Trinajstić information content (AvgIpc) is 2.83. The maximum Gasteiger partial charge on any atom is 0.250 e. The molecule has 1 heterocycles. The van der Waals surface area contributed by atoms with Crippen molar-refractivity contribution in [3.63, 3.8) is 0 Å². The predicted molar refractivity (Wildman–Crippen MR) is 140 cm³/mol. The van der Waals surface area contributed by atoms with E-state index in [4.69, 9.17) is 5.73 Å². The van der Waals surface area contributed by atoms with Crippen LogP contribution in [0.5, 0.6) is 0 Å². The summed E-state index contributed by atoms with van der Waals surface area (Å²) in [5.41, 5.74) is 10.1. The second kappa shape index (κ2) is 11.1. The van der Waals surface area contributed by atoms with Gasteiger partial charge in [-0.25, -0.2) is 4.39 Å². The molecule has 0 bridgehead atoms. The van der Waals surface area contributed by atoms with Gasteiger partial charge in [0.2, 0.25) is 5.91 Å². The summed E-state index contributed by atoms with van der Waals surface area (Å²) in [7, 11) is 1.62. The van der Waals surface area contributed by atoms with Crippen LogP contribution in [-0.2, 0) is 11.8 Å². The van der Waals surface area contributed by atoms with E-state index in [2.05, 4.69) is 5.32 Å². The van der Waals surface area contributed by atoms with E-state index < -0.39 is 17.8 Å². The van der Waals surface area contributed by atoms with Gasteiger partial charge in [-0.05, 0) is 41.8 Å². The number of hydrogen-bond acceptors (Lipinski definition) is 3. The van der Waals surface area contributed by atoms with Crippen LogP contribution in [0.3, 0.4) is 0 Å². The number of benzene rings is 3. The zero-order valence-corrected chi connectivity index (χ0v) is 20.3. The lowest BCUT2D eigenvalue weighted by molar-refractivity contribution is -0.117. The summed E-state index contributed by atoms with van der Waals surface area (Å²) in [5, 5.41) is 2.76. The maximum atomic E-state index is 15.0. The Kier molecular flexibility index (Phi) is 8.22. The molecule has 1 amide bonds. The molecule has 0 saturated heterocycles. The summed E-state index contributed by atoms with van der Waals surface area (Å²) in [6.07, 6.45) is 1.61. The maximum absolute atomic E-state index is 15.0. The van der Waals surface area contributed by atoms with Crippen LogP contribution in [0.2, 0.25) is 0 Å². The largest absolute Gasteiger partial charge is 0.325 e. The van der Waals surface area contributed by atoms with Crippen LogP contribution >= 0.6 is 12.4 Å². The van der Waals surface area contributed by atoms with Gasteiger partial charge in [0.05, 0.1) is 6.04 Å². The van der Waals surface area contributed by atoms with Crippen LogP contribution in [0.1, 0.15) is 22.6 Å². The van der Waals surface area contributed by atoms with Gasteiger partial charge in [0, 0.05) is 42.0 Å². The fourth-order valence-corrected chi connectivity index (χ4v) is 4.12. The first-order valence-corrected chi connectivity index (χ1v) is 11.0. The van der Waals surface area contributed by atoms with Crippen molar-refractivity contribution in [2.75, 3.05) is 5.32 Å². The Morgan fingerprint density at radius 1 is 0.914 bits per heavy atom. The Morgan fingerprint density at radius 2 is 1.49 bits per heavy atom. The molecule has 5 nitrogen and oxygen atoms in total. The molecule has 0 radical (unpaired) electrons. The quantitative estimate of drug-likeness (QED) is 0.397. The summed E-state index contributed by atoms with van der Waals surface area (Å²) in [6, 6.07) is 24.3. The van der Waals surface area contributed by atoms with E-state index >= 15 is 4.39 Å². The number of pyridine rings is 1. The SMILES string of the molecule is Cc1cc(=O)n(C)cc1-c1ccc(NC(=O)[C@@H](N)C(c2ccccc2)c2ccccc2)cc1F.Cl. The molecule has 0 unspecified atom stereocenters. The third-order valence-corrected chi connectivity index (χ3v) is 5.94. The molecule has 0 aliphatic heterocycles. The number of hydrogen-bond donors (Lipinski definition) is 2. The molecular weight excluding hydrogens is 465 g/mol. The molecule has 4 aromatic rings. The number of halogens is 2. The number of aryl methyl sites for hydroxylation is 2. The first-order chi connectivity index (χ1) is 16.3. The molecule has 180 valence electrons. The van der Waals surface area contributed by atoms with Crippen molar-refractivity contribution < 1.29 is 9.18 Å². The number of nitrogens with one attached hydrogen (secondary N) is 1. The van der Waals surface area contributed by atoms with Crippen molar-refractivity contribution in [3.8, 4) is 11.1 Å². The van der Waals surface area contributed by atoms with Gasteiger partial charge in [-0.2, -0.15) is 0 Å². The van der Waals surface area contributed by atoms with Gasteiger partial charge in [0.1, 0.15) is 5.82 Å². The first kappa shape index (κ1) is 25.9. The Balaban J connectivity index is 0.00000342. The van der Waals surface area contributed by atoms with Gasteiger partial charge >= 0.3 is 0 Å². The van der Waals surface area contributed by atoms with Crippen molar-refractivity contribution in [1.29, 1.82) is 0 Å². The van der Waals surface area contributed by atoms with Crippen molar-refractivity contribution in [1.82, 2.24) is 4.57 Å². The van der Waals surface area contributed by atoms with E-state index in [9.17, 15) is 9.59 Å². The van der Waals surface area contributed by atoms with Crippen molar-refractivity contribution >= 4 is 24.0 Å².